The Balaban J connectivity index is 1.79. The maximum atomic E-state index is 15.0. The van der Waals surface area contributed by atoms with Crippen molar-refractivity contribution in [2.24, 2.45) is 4.99 Å². The first-order valence-corrected chi connectivity index (χ1v) is 12.4. The van der Waals surface area contributed by atoms with Gasteiger partial charge in [0.1, 0.15) is 0 Å². The van der Waals surface area contributed by atoms with Gasteiger partial charge in [0.2, 0.25) is 11.1 Å². The fraction of sp³-hybridized carbons (Fsp3) is 0.231. The zero-order valence-electron chi connectivity index (χ0n) is 19.3. The van der Waals surface area contributed by atoms with Crippen molar-refractivity contribution in [1.29, 1.82) is 0 Å². The van der Waals surface area contributed by atoms with Gasteiger partial charge in [-0.2, -0.15) is 4.39 Å². The van der Waals surface area contributed by atoms with Crippen LogP contribution in [0.15, 0.2) is 90.2 Å². The molecule has 3 aromatic rings. The van der Waals surface area contributed by atoms with Gasteiger partial charge in [0.05, 0.1) is 6.04 Å². The number of halogens is 1. The van der Waals surface area contributed by atoms with E-state index in [0.29, 0.717) is 12.0 Å². The summed E-state index contributed by atoms with van der Waals surface area (Å²) in [5.41, 5.74) is 3.57. The van der Waals surface area contributed by atoms with Crippen molar-refractivity contribution in [3.63, 3.8) is 0 Å². The third-order valence-electron chi connectivity index (χ3n) is 6.07. The van der Waals surface area contributed by atoms with E-state index >= 15 is 0 Å². The number of hydrogen-bond donors (Lipinski definition) is 0. The molecule has 0 N–H and O–H groups in total. The van der Waals surface area contributed by atoms with Crippen molar-refractivity contribution >= 4 is 15.2 Å². The molecule has 1 aliphatic heterocycles. The minimum absolute atomic E-state index is 0.0735. The summed E-state index contributed by atoms with van der Waals surface area (Å²) >= 11 is 0. The molecule has 1 aliphatic rings. The molecule has 0 aliphatic carbocycles. The second kappa shape index (κ2) is 9.87. The molecule has 2 heterocycles. The average molecular weight is 479 g/mol. The molecular weight excluding hydrogens is 451 g/mol. The predicted octanol–water partition coefficient (Wildman–Crippen LogP) is 4.29. The molecule has 0 bridgehead atoms. The molecule has 0 saturated heterocycles. The number of amidine groups is 1. The zero-order valence-corrected chi connectivity index (χ0v) is 20.2. The number of likely N-dealkylation sites (N-methyl/N-ethyl adjacent to an activating group) is 1. The standard InChI is InChI=1S/C26H27FN4O2S/c1-30(2)34(32,33)26-29-17-15-24(31(26)3)23(22-14-9-16-28-25(22)27)18-20-12-7-8-13-21(20)19-10-5-4-6-11-19/h4-17,23-24H,18H2,1-3H3. The molecule has 176 valence electrons. The summed E-state index contributed by atoms with van der Waals surface area (Å²) in [5, 5.41) is -0.0735. The third-order valence-corrected chi connectivity index (χ3v) is 7.89. The lowest BCUT2D eigenvalue weighted by molar-refractivity contribution is 0.353. The van der Waals surface area contributed by atoms with Crippen molar-refractivity contribution in [2.75, 3.05) is 21.1 Å². The van der Waals surface area contributed by atoms with Gasteiger partial charge < -0.3 is 4.90 Å². The lowest BCUT2D eigenvalue weighted by atomic mass is 9.83. The van der Waals surface area contributed by atoms with E-state index in [1.807, 2.05) is 60.7 Å². The maximum Gasteiger partial charge on any atom is 0.276 e. The molecule has 0 spiro atoms. The SMILES string of the molecule is CN1C(S(=O)(=O)N(C)C)=NC=CC1C(Cc1ccccc1-c1ccccc1)c1cccnc1F. The summed E-state index contributed by atoms with van der Waals surface area (Å²) in [6, 6.07) is 21.0. The molecule has 4 rings (SSSR count). The average Bonchev–Trinajstić information content (AvgIpc) is 2.84. The molecule has 34 heavy (non-hydrogen) atoms. The molecule has 0 radical (unpaired) electrons. The highest BCUT2D eigenvalue weighted by Crippen LogP contribution is 2.34. The Bertz CT molecular complexity index is 1320. The maximum absolute atomic E-state index is 15.0. The molecule has 2 aromatic carbocycles. The number of aliphatic imine (C=N–C) groups is 1. The minimum atomic E-state index is -3.78. The Morgan fingerprint density at radius 3 is 2.44 bits per heavy atom. The van der Waals surface area contributed by atoms with Crippen LogP contribution in [0.4, 0.5) is 4.39 Å². The van der Waals surface area contributed by atoms with E-state index in [2.05, 4.69) is 9.98 Å². The summed E-state index contributed by atoms with van der Waals surface area (Å²) < 4.78 is 41.9. The van der Waals surface area contributed by atoms with E-state index in [0.717, 1.165) is 21.0 Å². The first-order chi connectivity index (χ1) is 16.3. The number of hydrogen-bond acceptors (Lipinski definition) is 5. The van der Waals surface area contributed by atoms with Crippen LogP contribution in [-0.2, 0) is 16.4 Å². The Morgan fingerprint density at radius 1 is 1.03 bits per heavy atom. The monoisotopic (exact) mass is 478 g/mol. The van der Waals surface area contributed by atoms with Crippen LogP contribution in [0.3, 0.4) is 0 Å². The van der Waals surface area contributed by atoms with Crippen LogP contribution < -0.4 is 0 Å². The molecule has 8 heteroatoms. The highest BCUT2D eigenvalue weighted by molar-refractivity contribution is 8.04. The van der Waals surface area contributed by atoms with Crippen molar-refractivity contribution in [1.82, 2.24) is 14.2 Å². The Hall–Kier alpha value is -3.36. The van der Waals surface area contributed by atoms with Gasteiger partial charge in [0.15, 0.2) is 0 Å². The van der Waals surface area contributed by atoms with E-state index < -0.39 is 27.9 Å². The fourth-order valence-electron chi connectivity index (χ4n) is 4.28. The molecular formula is C26H27FN4O2S. The van der Waals surface area contributed by atoms with E-state index in [9.17, 15) is 12.8 Å². The van der Waals surface area contributed by atoms with Gasteiger partial charge in [-0.3, -0.25) is 0 Å². The first-order valence-electron chi connectivity index (χ1n) is 10.9. The second-order valence-electron chi connectivity index (χ2n) is 8.36. The van der Waals surface area contributed by atoms with Gasteiger partial charge in [-0.05, 0) is 35.3 Å². The molecule has 0 saturated carbocycles. The van der Waals surface area contributed by atoms with Gasteiger partial charge in [-0.25, -0.2) is 22.7 Å². The van der Waals surface area contributed by atoms with Gasteiger partial charge in [-0.1, -0.05) is 60.7 Å². The molecule has 2 atom stereocenters. The van der Waals surface area contributed by atoms with Crippen LogP contribution in [0.2, 0.25) is 0 Å². The molecule has 6 nitrogen and oxygen atoms in total. The van der Waals surface area contributed by atoms with E-state index in [1.54, 1.807) is 24.1 Å². The Kier molecular flexibility index (Phi) is 6.90. The largest absolute Gasteiger partial charge is 0.342 e. The highest BCUT2D eigenvalue weighted by Gasteiger charge is 2.36. The number of sulfonamides is 1. The zero-order chi connectivity index (χ0) is 24.3. The van der Waals surface area contributed by atoms with Crippen LogP contribution in [0, 0.1) is 5.95 Å². The summed E-state index contributed by atoms with van der Waals surface area (Å²) in [7, 11) is 0.827. The van der Waals surface area contributed by atoms with Gasteiger partial charge in [-0.15, -0.1) is 0 Å². The quantitative estimate of drug-likeness (QED) is 0.496. The number of rotatable bonds is 6. The summed E-state index contributed by atoms with van der Waals surface area (Å²) in [4.78, 5) is 9.63. The van der Waals surface area contributed by atoms with Crippen molar-refractivity contribution in [3.05, 3.63) is 102 Å². The van der Waals surface area contributed by atoms with Crippen LogP contribution in [-0.4, -0.2) is 55.0 Å². The van der Waals surface area contributed by atoms with Crippen molar-refractivity contribution in [3.8, 4) is 11.1 Å². The van der Waals surface area contributed by atoms with Crippen molar-refractivity contribution < 1.29 is 12.8 Å². The van der Waals surface area contributed by atoms with E-state index in [4.69, 9.17) is 0 Å². The minimum Gasteiger partial charge on any atom is -0.342 e. The molecule has 0 amide bonds. The van der Waals surface area contributed by atoms with Gasteiger partial charge in [0, 0.05) is 45.0 Å². The molecule has 1 aromatic heterocycles. The first kappa shape index (κ1) is 23.8. The normalized spacial score (nSPS) is 17.0. The predicted molar refractivity (Wildman–Crippen MR) is 133 cm³/mol. The smallest absolute Gasteiger partial charge is 0.276 e. The lowest BCUT2D eigenvalue weighted by Crippen LogP contribution is -2.48. The number of nitrogens with zero attached hydrogens (tertiary/aromatic N) is 4. The van der Waals surface area contributed by atoms with Crippen LogP contribution in [0.1, 0.15) is 17.0 Å². The second-order valence-corrected chi connectivity index (χ2v) is 10.4. The molecule has 0 fully saturated rings. The summed E-state index contributed by atoms with van der Waals surface area (Å²) in [5.74, 6) is -0.978. The summed E-state index contributed by atoms with van der Waals surface area (Å²) in [6.45, 7) is 0. The summed E-state index contributed by atoms with van der Waals surface area (Å²) in [6.07, 6.45) is 5.20. The number of aromatic nitrogens is 1. The highest BCUT2D eigenvalue weighted by atomic mass is 32.2. The van der Waals surface area contributed by atoms with Gasteiger partial charge in [0.25, 0.3) is 10.0 Å². The van der Waals surface area contributed by atoms with E-state index in [1.165, 1.54) is 26.5 Å². The van der Waals surface area contributed by atoms with Crippen LogP contribution in [0.25, 0.3) is 11.1 Å². The topological polar surface area (TPSA) is 65.9 Å². The van der Waals surface area contributed by atoms with E-state index in [-0.39, 0.29) is 5.17 Å². The third kappa shape index (κ3) is 4.64. The molecule has 2 unspecified atom stereocenters. The number of benzene rings is 2. The van der Waals surface area contributed by atoms with Gasteiger partial charge >= 0.3 is 0 Å². The number of pyridine rings is 1. The Morgan fingerprint density at radius 2 is 1.74 bits per heavy atom. The fourth-order valence-corrected chi connectivity index (χ4v) is 5.29. The lowest BCUT2D eigenvalue weighted by Gasteiger charge is -2.37. The Labute approximate surface area is 200 Å². The van der Waals surface area contributed by atoms with Crippen molar-refractivity contribution in [2.45, 2.75) is 18.4 Å². The van der Waals surface area contributed by atoms with Crippen LogP contribution >= 0.6 is 0 Å². The van der Waals surface area contributed by atoms with Crippen LogP contribution in [0.5, 0.6) is 0 Å².